The maximum Gasteiger partial charge on any atom is 0.338 e. The lowest BCUT2D eigenvalue weighted by atomic mass is 10.1. The van der Waals surface area contributed by atoms with Gasteiger partial charge >= 0.3 is 5.38 Å². The Hall–Kier alpha value is -0.300. The number of rotatable bonds is 4. The summed E-state index contributed by atoms with van der Waals surface area (Å²) in [4.78, 5) is 0. The van der Waals surface area contributed by atoms with E-state index in [1.807, 2.05) is 5.43 Å². The molecule has 0 bridgehead atoms. The third-order valence-corrected chi connectivity index (χ3v) is 2.89. The van der Waals surface area contributed by atoms with Crippen LogP contribution in [-0.4, -0.2) is 11.4 Å². The van der Waals surface area contributed by atoms with Gasteiger partial charge in [0, 0.05) is 0 Å². The number of hydrogen-bond donors (Lipinski definition) is 2. The van der Waals surface area contributed by atoms with Crippen molar-refractivity contribution in [1.82, 2.24) is 5.43 Å². The Labute approximate surface area is 104 Å². The fourth-order valence-electron chi connectivity index (χ4n) is 1.17. The smallest absolute Gasteiger partial charge is 0.271 e. The normalized spacial score (nSPS) is 13.9. The highest BCUT2D eigenvalue weighted by atomic mass is 79.9. The van der Waals surface area contributed by atoms with E-state index in [1.165, 1.54) is 18.2 Å². The van der Waals surface area contributed by atoms with Gasteiger partial charge in [-0.25, -0.2) is 9.82 Å². The number of benzene rings is 1. The summed E-state index contributed by atoms with van der Waals surface area (Å²) in [5, 5.41) is -3.46. The molecule has 0 aliphatic rings. The van der Waals surface area contributed by atoms with Gasteiger partial charge in [0.1, 0.15) is 11.9 Å². The summed E-state index contributed by atoms with van der Waals surface area (Å²) in [7, 11) is 0. The molecule has 0 saturated heterocycles. The van der Waals surface area contributed by atoms with Crippen molar-refractivity contribution in [2.45, 2.75) is 17.8 Å². The van der Waals surface area contributed by atoms with E-state index in [2.05, 4.69) is 15.9 Å². The number of halogens is 5. The predicted octanol–water partition coefficient (Wildman–Crippen LogP) is 2.79. The van der Waals surface area contributed by atoms with Crippen LogP contribution in [0.3, 0.4) is 0 Å². The van der Waals surface area contributed by atoms with Gasteiger partial charge in [0.25, 0.3) is 0 Å². The van der Waals surface area contributed by atoms with Crippen molar-refractivity contribution in [3.05, 3.63) is 34.1 Å². The Balaban J connectivity index is 2.83. The first kappa shape index (κ1) is 13.8. The lowest BCUT2D eigenvalue weighted by Crippen LogP contribution is -2.46. The van der Waals surface area contributed by atoms with Gasteiger partial charge in [0.2, 0.25) is 0 Å². The van der Waals surface area contributed by atoms with Crippen LogP contribution in [0.2, 0.25) is 0 Å². The number of nitrogens with one attached hydrogen (secondary N) is 1. The maximum atomic E-state index is 12.9. The van der Waals surface area contributed by atoms with Crippen LogP contribution in [-0.2, 0) is 6.42 Å². The second kappa shape index (κ2) is 5.35. The molecule has 0 aromatic heterocycles. The third kappa shape index (κ3) is 3.62. The summed E-state index contributed by atoms with van der Waals surface area (Å²) in [6.07, 6.45) is -0.105. The van der Waals surface area contributed by atoms with Gasteiger partial charge in [-0.1, -0.05) is 6.07 Å². The topological polar surface area (TPSA) is 38.0 Å². The summed E-state index contributed by atoms with van der Waals surface area (Å²) in [5.41, 5.74) is 2.43. The molecule has 3 N–H and O–H groups in total. The van der Waals surface area contributed by atoms with E-state index in [4.69, 9.17) is 17.4 Å². The van der Waals surface area contributed by atoms with E-state index in [0.29, 0.717) is 5.56 Å². The van der Waals surface area contributed by atoms with Gasteiger partial charge in [-0.2, -0.15) is 8.78 Å². The second-order valence-electron chi connectivity index (χ2n) is 3.21. The van der Waals surface area contributed by atoms with Crippen molar-refractivity contribution in [2.24, 2.45) is 5.84 Å². The van der Waals surface area contributed by atoms with E-state index >= 15 is 0 Å². The monoisotopic (exact) mass is 316 g/mol. The Morgan fingerprint density at radius 2 is 2.12 bits per heavy atom. The van der Waals surface area contributed by atoms with E-state index in [0.717, 1.165) is 0 Å². The number of nitrogens with two attached hydrogens (primary N) is 1. The standard InChI is InChI=1S/C9H9BrClF3N2/c10-6-3-5(1-2-7(6)12)4-8(16-15)9(11,13)14/h1-3,8,16H,4,15H2. The first-order chi connectivity index (χ1) is 7.34. The molecule has 2 nitrogen and oxygen atoms in total. The van der Waals surface area contributed by atoms with Crippen LogP contribution in [0.25, 0.3) is 0 Å². The van der Waals surface area contributed by atoms with Gasteiger partial charge < -0.3 is 0 Å². The summed E-state index contributed by atoms with van der Waals surface area (Å²) in [6.45, 7) is 0. The van der Waals surface area contributed by atoms with Crippen LogP contribution >= 0.6 is 27.5 Å². The van der Waals surface area contributed by atoms with Crippen LogP contribution in [0.5, 0.6) is 0 Å². The average molecular weight is 318 g/mol. The Morgan fingerprint density at radius 1 is 1.50 bits per heavy atom. The molecule has 0 heterocycles. The maximum absolute atomic E-state index is 12.9. The largest absolute Gasteiger partial charge is 0.338 e. The molecular formula is C9H9BrClF3N2. The number of hydrogen-bond acceptors (Lipinski definition) is 2. The van der Waals surface area contributed by atoms with Crippen molar-refractivity contribution in [3.63, 3.8) is 0 Å². The van der Waals surface area contributed by atoms with E-state index < -0.39 is 17.2 Å². The van der Waals surface area contributed by atoms with E-state index in [-0.39, 0.29) is 10.9 Å². The zero-order valence-electron chi connectivity index (χ0n) is 7.98. The van der Waals surface area contributed by atoms with Crippen LogP contribution in [0.1, 0.15) is 5.56 Å². The minimum Gasteiger partial charge on any atom is -0.271 e. The zero-order chi connectivity index (χ0) is 12.3. The molecule has 16 heavy (non-hydrogen) atoms. The van der Waals surface area contributed by atoms with Gasteiger partial charge in [-0.05, 0) is 51.6 Å². The van der Waals surface area contributed by atoms with Crippen molar-refractivity contribution >= 4 is 27.5 Å². The highest BCUT2D eigenvalue weighted by molar-refractivity contribution is 9.10. The van der Waals surface area contributed by atoms with Gasteiger partial charge in [-0.15, -0.1) is 0 Å². The number of alkyl halides is 3. The van der Waals surface area contributed by atoms with Gasteiger partial charge in [-0.3, -0.25) is 5.84 Å². The third-order valence-electron chi connectivity index (χ3n) is 2.02. The Morgan fingerprint density at radius 3 is 2.56 bits per heavy atom. The molecule has 0 radical (unpaired) electrons. The summed E-state index contributed by atoms with van der Waals surface area (Å²) < 4.78 is 38.7. The molecule has 0 saturated carbocycles. The molecule has 7 heteroatoms. The molecule has 1 unspecified atom stereocenters. The molecule has 0 spiro atoms. The summed E-state index contributed by atoms with van der Waals surface area (Å²) in [5.74, 6) is 4.51. The van der Waals surface area contributed by atoms with Crippen LogP contribution < -0.4 is 11.3 Å². The Bertz CT molecular complexity index is 370. The molecule has 0 fully saturated rings. The molecule has 1 aromatic rings. The van der Waals surface area contributed by atoms with Crippen molar-refractivity contribution in [2.75, 3.05) is 0 Å². The predicted molar refractivity (Wildman–Crippen MR) is 59.7 cm³/mol. The lowest BCUT2D eigenvalue weighted by molar-refractivity contribution is 0.0502. The van der Waals surface area contributed by atoms with E-state index in [1.54, 1.807) is 0 Å². The molecule has 1 atom stereocenters. The highest BCUT2D eigenvalue weighted by Gasteiger charge is 2.36. The molecule has 90 valence electrons. The lowest BCUT2D eigenvalue weighted by Gasteiger charge is -2.20. The van der Waals surface area contributed by atoms with Crippen LogP contribution in [0, 0.1) is 5.82 Å². The fourth-order valence-corrected chi connectivity index (χ4v) is 1.74. The van der Waals surface area contributed by atoms with Crippen LogP contribution in [0.15, 0.2) is 22.7 Å². The molecular weight excluding hydrogens is 308 g/mol. The number of hydrazine groups is 1. The summed E-state index contributed by atoms with van der Waals surface area (Å²) in [6, 6.07) is 2.57. The quantitative estimate of drug-likeness (QED) is 0.509. The molecule has 0 aliphatic heterocycles. The first-order valence-electron chi connectivity index (χ1n) is 4.31. The summed E-state index contributed by atoms with van der Waals surface area (Å²) >= 11 is 7.82. The zero-order valence-corrected chi connectivity index (χ0v) is 10.3. The Kier molecular flexibility index (Phi) is 4.61. The van der Waals surface area contributed by atoms with Gasteiger partial charge in [0.15, 0.2) is 0 Å². The van der Waals surface area contributed by atoms with Crippen molar-refractivity contribution in [1.29, 1.82) is 0 Å². The molecule has 1 rings (SSSR count). The first-order valence-corrected chi connectivity index (χ1v) is 5.48. The SMILES string of the molecule is NNC(Cc1ccc(F)c(Br)c1)C(F)(F)Cl. The van der Waals surface area contributed by atoms with E-state index in [9.17, 15) is 13.2 Å². The van der Waals surface area contributed by atoms with Crippen molar-refractivity contribution < 1.29 is 13.2 Å². The molecule has 0 aliphatic carbocycles. The fraction of sp³-hybridized carbons (Fsp3) is 0.333. The van der Waals surface area contributed by atoms with Crippen molar-refractivity contribution in [3.8, 4) is 0 Å². The van der Waals surface area contributed by atoms with Crippen LogP contribution in [0.4, 0.5) is 13.2 Å². The molecule has 1 aromatic carbocycles. The highest BCUT2D eigenvalue weighted by Crippen LogP contribution is 2.26. The van der Waals surface area contributed by atoms with Gasteiger partial charge in [0.05, 0.1) is 4.47 Å². The molecule has 0 amide bonds. The minimum absolute atomic E-state index is 0.105. The second-order valence-corrected chi connectivity index (χ2v) is 4.57. The average Bonchev–Trinajstić information content (AvgIpc) is 2.18. The minimum atomic E-state index is -3.46.